The van der Waals surface area contributed by atoms with Gasteiger partial charge >= 0.3 is 5.97 Å². The second-order valence-corrected chi connectivity index (χ2v) is 8.77. The molecule has 2 aliphatic rings. The van der Waals surface area contributed by atoms with Crippen LogP contribution in [0.5, 0.6) is 0 Å². The van der Waals surface area contributed by atoms with Crippen LogP contribution in [-0.2, 0) is 25.5 Å². The van der Waals surface area contributed by atoms with Gasteiger partial charge in [0.05, 0.1) is 11.8 Å². The van der Waals surface area contributed by atoms with Crippen LogP contribution in [0.2, 0.25) is 0 Å². The minimum atomic E-state index is -0.502. The van der Waals surface area contributed by atoms with E-state index in [0.29, 0.717) is 25.1 Å². The zero-order chi connectivity index (χ0) is 22.7. The quantitative estimate of drug-likeness (QED) is 0.717. The van der Waals surface area contributed by atoms with Crippen molar-refractivity contribution in [3.8, 4) is 0 Å². The first kappa shape index (κ1) is 22.1. The van der Waals surface area contributed by atoms with Crippen LogP contribution in [0.1, 0.15) is 42.4 Å². The first-order valence-electron chi connectivity index (χ1n) is 11.4. The van der Waals surface area contributed by atoms with Gasteiger partial charge in [0.2, 0.25) is 5.91 Å². The average molecular weight is 435 g/mol. The van der Waals surface area contributed by atoms with Crippen molar-refractivity contribution in [2.45, 2.75) is 46.0 Å². The highest BCUT2D eigenvalue weighted by atomic mass is 16.5. The van der Waals surface area contributed by atoms with Crippen molar-refractivity contribution in [2.75, 3.05) is 23.4 Å². The standard InChI is InChI=1S/C26H30N2O4/c1-17-8-7-12-22(18(17)2)27-24(29)16-32-26(31)21-11-5-4-10-20(21)25(30)28-15-14-19-9-3-6-13-23(19)28/h3,6-9,12-13,20-21H,4-5,10-11,14-16H2,1-2H3,(H,27,29)/t20-,21+/m1/s1. The lowest BCUT2D eigenvalue weighted by atomic mass is 9.78. The third-order valence-corrected chi connectivity index (χ3v) is 6.76. The molecule has 0 radical (unpaired) electrons. The maximum absolute atomic E-state index is 13.4. The Bertz CT molecular complexity index is 1030. The van der Waals surface area contributed by atoms with Gasteiger partial charge in [-0.2, -0.15) is 0 Å². The number of carbonyl (C=O) groups is 3. The molecule has 0 spiro atoms. The highest BCUT2D eigenvalue weighted by Crippen LogP contribution is 2.36. The molecule has 0 unspecified atom stereocenters. The third kappa shape index (κ3) is 4.54. The largest absolute Gasteiger partial charge is 0.455 e. The van der Waals surface area contributed by atoms with Crippen molar-refractivity contribution < 1.29 is 19.1 Å². The van der Waals surface area contributed by atoms with Crippen LogP contribution in [0.15, 0.2) is 42.5 Å². The molecule has 0 aromatic heterocycles. The number of hydrogen-bond donors (Lipinski definition) is 1. The van der Waals surface area contributed by atoms with Crippen molar-refractivity contribution in [1.29, 1.82) is 0 Å². The van der Waals surface area contributed by atoms with Gasteiger partial charge in [0, 0.05) is 17.9 Å². The number of fused-ring (bicyclic) bond motifs is 1. The van der Waals surface area contributed by atoms with E-state index < -0.39 is 17.8 Å². The topological polar surface area (TPSA) is 75.7 Å². The lowest BCUT2D eigenvalue weighted by molar-refractivity contribution is -0.156. The zero-order valence-corrected chi connectivity index (χ0v) is 18.7. The van der Waals surface area contributed by atoms with Crippen molar-refractivity contribution in [3.63, 3.8) is 0 Å². The summed E-state index contributed by atoms with van der Waals surface area (Å²) in [6.45, 7) is 4.21. The van der Waals surface area contributed by atoms with Gasteiger partial charge < -0.3 is 15.0 Å². The molecule has 6 heteroatoms. The number of rotatable bonds is 5. The highest BCUT2D eigenvalue weighted by molar-refractivity contribution is 5.99. The van der Waals surface area contributed by atoms with Crippen molar-refractivity contribution in [3.05, 3.63) is 59.2 Å². The first-order chi connectivity index (χ1) is 15.5. The number of carbonyl (C=O) groups excluding carboxylic acids is 3. The fourth-order valence-electron chi connectivity index (χ4n) is 4.79. The Morgan fingerprint density at radius 2 is 1.75 bits per heavy atom. The van der Waals surface area contributed by atoms with E-state index in [0.717, 1.165) is 36.1 Å². The van der Waals surface area contributed by atoms with Crippen LogP contribution in [0.25, 0.3) is 0 Å². The molecule has 1 heterocycles. The van der Waals surface area contributed by atoms with Gasteiger partial charge in [0.15, 0.2) is 6.61 Å². The number of ether oxygens (including phenoxy) is 1. The minimum Gasteiger partial charge on any atom is -0.455 e. The SMILES string of the molecule is Cc1cccc(NC(=O)COC(=O)[C@H]2CCCC[C@H]2C(=O)N2CCc3ccccc32)c1C. The van der Waals surface area contributed by atoms with Gasteiger partial charge in [-0.25, -0.2) is 0 Å². The molecule has 1 aliphatic carbocycles. The van der Waals surface area contributed by atoms with Gasteiger partial charge in [-0.15, -0.1) is 0 Å². The lowest BCUT2D eigenvalue weighted by Gasteiger charge is -2.32. The summed E-state index contributed by atoms with van der Waals surface area (Å²) < 4.78 is 5.38. The van der Waals surface area contributed by atoms with Crippen LogP contribution in [0.4, 0.5) is 11.4 Å². The maximum Gasteiger partial charge on any atom is 0.310 e. The van der Waals surface area contributed by atoms with Crippen LogP contribution in [0, 0.1) is 25.7 Å². The van der Waals surface area contributed by atoms with E-state index in [9.17, 15) is 14.4 Å². The predicted molar refractivity (Wildman–Crippen MR) is 123 cm³/mol. The molecule has 2 aromatic rings. The minimum absolute atomic E-state index is 0.00330. The molecule has 0 bridgehead atoms. The molecular weight excluding hydrogens is 404 g/mol. The number of benzene rings is 2. The molecule has 6 nitrogen and oxygen atoms in total. The average Bonchev–Trinajstić information content (AvgIpc) is 3.24. The summed E-state index contributed by atoms with van der Waals surface area (Å²) in [6, 6.07) is 13.6. The number of para-hydroxylation sites is 1. The van der Waals surface area contributed by atoms with Crippen molar-refractivity contribution in [2.24, 2.45) is 11.8 Å². The summed E-state index contributed by atoms with van der Waals surface area (Å²) in [5.74, 6) is -1.73. The summed E-state index contributed by atoms with van der Waals surface area (Å²) in [7, 11) is 0. The van der Waals surface area contributed by atoms with Gasteiger partial charge in [-0.1, -0.05) is 43.2 Å². The molecule has 2 amide bonds. The number of anilines is 2. The summed E-state index contributed by atoms with van der Waals surface area (Å²) in [4.78, 5) is 40.4. The van der Waals surface area contributed by atoms with E-state index in [1.807, 2.05) is 61.2 Å². The third-order valence-electron chi connectivity index (χ3n) is 6.76. The molecule has 168 valence electrons. The van der Waals surface area contributed by atoms with Gasteiger partial charge in [0.25, 0.3) is 5.91 Å². The van der Waals surface area contributed by atoms with Gasteiger partial charge in [0.1, 0.15) is 0 Å². The lowest BCUT2D eigenvalue weighted by Crippen LogP contribution is -2.42. The first-order valence-corrected chi connectivity index (χ1v) is 11.4. The molecule has 1 aliphatic heterocycles. The second-order valence-electron chi connectivity index (χ2n) is 8.77. The fraction of sp³-hybridized carbons (Fsp3) is 0.423. The number of aryl methyl sites for hydroxylation is 1. The Morgan fingerprint density at radius 3 is 2.56 bits per heavy atom. The number of hydrogen-bond acceptors (Lipinski definition) is 4. The Hall–Kier alpha value is -3.15. The van der Waals surface area contributed by atoms with Crippen molar-refractivity contribution >= 4 is 29.2 Å². The highest BCUT2D eigenvalue weighted by Gasteiger charge is 2.40. The summed E-state index contributed by atoms with van der Waals surface area (Å²) >= 11 is 0. The normalized spacial score (nSPS) is 19.9. The van der Waals surface area contributed by atoms with Crippen LogP contribution in [-0.4, -0.2) is 30.9 Å². The maximum atomic E-state index is 13.4. The van der Waals surface area contributed by atoms with Crippen LogP contribution < -0.4 is 10.2 Å². The smallest absolute Gasteiger partial charge is 0.310 e. The number of esters is 1. The Balaban J connectivity index is 1.38. The van der Waals surface area contributed by atoms with Crippen LogP contribution >= 0.6 is 0 Å². The summed E-state index contributed by atoms with van der Waals surface area (Å²) in [6.07, 6.45) is 3.93. The number of amides is 2. The Labute approximate surface area is 188 Å². The monoisotopic (exact) mass is 434 g/mol. The fourth-order valence-corrected chi connectivity index (χ4v) is 4.79. The Kier molecular flexibility index (Phi) is 6.58. The van der Waals surface area contributed by atoms with E-state index >= 15 is 0 Å². The molecule has 1 fully saturated rings. The predicted octanol–water partition coefficient (Wildman–Crippen LogP) is 4.18. The second kappa shape index (κ2) is 9.55. The molecule has 1 saturated carbocycles. The molecule has 2 atom stereocenters. The van der Waals surface area contributed by atoms with Gasteiger partial charge in [-0.3, -0.25) is 14.4 Å². The summed E-state index contributed by atoms with van der Waals surface area (Å²) in [5, 5.41) is 2.81. The van der Waals surface area contributed by atoms with Crippen molar-refractivity contribution in [1.82, 2.24) is 0 Å². The molecule has 0 saturated heterocycles. The number of nitrogens with one attached hydrogen (secondary N) is 1. The molecule has 1 N–H and O–H groups in total. The molecule has 2 aromatic carbocycles. The zero-order valence-electron chi connectivity index (χ0n) is 18.7. The molecule has 32 heavy (non-hydrogen) atoms. The molecule has 4 rings (SSSR count). The summed E-state index contributed by atoms with van der Waals surface area (Å²) in [5.41, 5.74) is 4.88. The Morgan fingerprint density at radius 1 is 1.00 bits per heavy atom. The number of nitrogens with zero attached hydrogens (tertiary/aromatic N) is 1. The van der Waals surface area contributed by atoms with E-state index in [4.69, 9.17) is 4.74 Å². The van der Waals surface area contributed by atoms with E-state index in [-0.39, 0.29) is 18.4 Å². The van der Waals surface area contributed by atoms with E-state index in [1.165, 1.54) is 5.56 Å². The van der Waals surface area contributed by atoms with E-state index in [1.54, 1.807) is 0 Å². The van der Waals surface area contributed by atoms with Crippen LogP contribution in [0.3, 0.4) is 0 Å². The molecular formula is C26H30N2O4. The van der Waals surface area contributed by atoms with Gasteiger partial charge in [-0.05, 0) is 61.9 Å². The van der Waals surface area contributed by atoms with E-state index in [2.05, 4.69) is 5.32 Å².